The Bertz CT molecular complexity index is 1210. The lowest BCUT2D eigenvalue weighted by molar-refractivity contribution is -0.137. The number of hydrogen-bond acceptors (Lipinski definition) is 5. The quantitative estimate of drug-likeness (QED) is 0.342. The van der Waals surface area contributed by atoms with E-state index in [1.165, 1.54) is 12.1 Å². The fourth-order valence-corrected chi connectivity index (χ4v) is 5.46. The minimum atomic E-state index is -4.56. The molecule has 0 bridgehead atoms. The Morgan fingerprint density at radius 1 is 1.18 bits per heavy atom. The summed E-state index contributed by atoms with van der Waals surface area (Å²) in [6, 6.07) is 7.70. The van der Waals surface area contributed by atoms with E-state index in [1.54, 1.807) is 27.3 Å². The largest absolute Gasteiger partial charge is 0.416 e. The van der Waals surface area contributed by atoms with E-state index in [0.29, 0.717) is 38.0 Å². The maximum atomic E-state index is 13.7. The second kappa shape index (κ2) is 7.95. The van der Waals surface area contributed by atoms with Crippen LogP contribution in [0.3, 0.4) is 0 Å². The molecule has 0 saturated carbocycles. The molecule has 1 saturated heterocycles. The zero-order valence-corrected chi connectivity index (χ0v) is 18.3. The van der Waals surface area contributed by atoms with Crippen molar-refractivity contribution in [2.24, 2.45) is 11.3 Å². The van der Waals surface area contributed by atoms with Crippen molar-refractivity contribution in [3.05, 3.63) is 77.1 Å². The van der Waals surface area contributed by atoms with Crippen molar-refractivity contribution in [2.45, 2.75) is 25.4 Å². The van der Waals surface area contributed by atoms with Crippen LogP contribution in [0.1, 0.15) is 33.7 Å². The van der Waals surface area contributed by atoms with Gasteiger partial charge in [-0.15, -0.1) is 0 Å². The Kier molecular flexibility index (Phi) is 5.32. The lowest BCUT2D eigenvalue weighted by Crippen LogP contribution is -2.54. The average Bonchev–Trinajstić information content (AvgIpc) is 3.19. The van der Waals surface area contributed by atoms with Crippen molar-refractivity contribution in [1.82, 2.24) is 19.1 Å². The van der Waals surface area contributed by atoms with Gasteiger partial charge >= 0.3 is 6.18 Å². The maximum Gasteiger partial charge on any atom is 0.416 e. The number of thiol groups is 1. The summed E-state index contributed by atoms with van der Waals surface area (Å²) in [5, 5.41) is 4.47. The zero-order chi connectivity index (χ0) is 23.4. The smallest absolute Gasteiger partial charge is 0.292 e. The first-order chi connectivity index (χ1) is 15.7. The lowest BCUT2D eigenvalue weighted by atomic mass is 9.60. The molecule has 0 N–H and O–H groups in total. The molecule has 1 fully saturated rings. The van der Waals surface area contributed by atoms with Crippen LogP contribution in [0, 0.1) is 17.2 Å². The van der Waals surface area contributed by atoms with E-state index in [4.69, 9.17) is 0 Å². The van der Waals surface area contributed by atoms with Crippen LogP contribution in [-0.2, 0) is 19.0 Å². The number of Topliss-reactive ketones (excluding diaryl/α,β-unsaturated/α-hetero) is 1. The number of benzene rings is 1. The Balaban J connectivity index is 1.56. The normalized spacial score (nSPS) is 23.1. The summed E-state index contributed by atoms with van der Waals surface area (Å²) in [5.74, 6) is -0.871. The lowest BCUT2D eigenvalue weighted by Gasteiger charge is -2.48. The van der Waals surface area contributed by atoms with Crippen LogP contribution >= 0.6 is 12.8 Å². The highest BCUT2D eigenvalue weighted by atomic mass is 32.1. The molecule has 2 aliphatic rings. The van der Waals surface area contributed by atoms with Gasteiger partial charge in [-0.05, 0) is 67.1 Å². The number of fused-ring (bicyclic) bond motifs is 2. The Morgan fingerprint density at radius 2 is 1.94 bits per heavy atom. The first kappa shape index (κ1) is 22.1. The third-order valence-corrected chi connectivity index (χ3v) is 7.07. The van der Waals surface area contributed by atoms with E-state index in [9.17, 15) is 22.4 Å². The van der Waals surface area contributed by atoms with E-state index in [1.807, 2.05) is 0 Å². The molecule has 0 amide bonds. The summed E-state index contributed by atoms with van der Waals surface area (Å²) >= 11 is 4.47. The molecule has 10 heteroatoms. The summed E-state index contributed by atoms with van der Waals surface area (Å²) in [7, 11) is 0. The van der Waals surface area contributed by atoms with Crippen LogP contribution in [0.4, 0.5) is 17.6 Å². The second-order valence-corrected chi connectivity index (χ2v) is 9.24. The van der Waals surface area contributed by atoms with Gasteiger partial charge in [-0.25, -0.2) is 9.07 Å². The highest BCUT2D eigenvalue weighted by Gasteiger charge is 2.52. The van der Waals surface area contributed by atoms with Gasteiger partial charge in [-0.3, -0.25) is 14.1 Å². The van der Waals surface area contributed by atoms with Gasteiger partial charge in [0, 0.05) is 25.0 Å². The maximum absolute atomic E-state index is 13.7. The van der Waals surface area contributed by atoms with E-state index >= 15 is 0 Å². The average molecular weight is 476 g/mol. The second-order valence-electron chi connectivity index (χ2n) is 8.67. The van der Waals surface area contributed by atoms with Gasteiger partial charge in [-0.2, -0.15) is 18.3 Å². The molecular formula is C23H20F4N4OS. The number of hydrogen-bond donors (Lipinski definition) is 1. The number of aromatic nitrogens is 3. The summed E-state index contributed by atoms with van der Waals surface area (Å²) in [6.45, 7) is 0.956. The predicted molar refractivity (Wildman–Crippen MR) is 116 cm³/mol. The number of carbonyl (C=O) groups is 1. The van der Waals surface area contributed by atoms with Crippen LogP contribution in [-0.4, -0.2) is 37.9 Å². The van der Waals surface area contributed by atoms with Crippen molar-refractivity contribution in [2.75, 3.05) is 13.1 Å². The van der Waals surface area contributed by atoms with E-state index in [0.717, 1.165) is 29.6 Å². The van der Waals surface area contributed by atoms with Crippen LogP contribution < -0.4 is 0 Å². The molecule has 33 heavy (non-hydrogen) atoms. The number of halogens is 4. The van der Waals surface area contributed by atoms with Crippen molar-refractivity contribution < 1.29 is 22.4 Å². The van der Waals surface area contributed by atoms with Gasteiger partial charge < -0.3 is 0 Å². The minimum absolute atomic E-state index is 0.117. The van der Waals surface area contributed by atoms with Crippen LogP contribution in [0.5, 0.6) is 0 Å². The number of carbonyl (C=O) groups excluding carboxylic acids is 1. The molecule has 2 atom stereocenters. The third-order valence-electron chi connectivity index (χ3n) is 6.73. The number of nitrogens with zero attached hydrogens (tertiary/aromatic N) is 4. The molecule has 0 spiro atoms. The molecule has 5 nitrogen and oxygen atoms in total. The molecular weight excluding hydrogens is 456 g/mol. The summed E-state index contributed by atoms with van der Waals surface area (Å²) in [4.78, 5) is 17.8. The molecule has 1 aliphatic heterocycles. The Labute approximate surface area is 193 Å². The number of ketones is 1. The monoisotopic (exact) mass is 476 g/mol. The van der Waals surface area contributed by atoms with Crippen molar-refractivity contribution in [1.29, 1.82) is 0 Å². The fraction of sp³-hybridized carbons (Fsp3) is 0.348. The molecule has 2 aromatic heterocycles. The first-order valence-corrected chi connectivity index (χ1v) is 10.9. The van der Waals surface area contributed by atoms with Crippen molar-refractivity contribution in [3.63, 3.8) is 0 Å². The number of piperidine rings is 1. The molecule has 5 rings (SSSR count). The minimum Gasteiger partial charge on any atom is -0.292 e. The van der Waals surface area contributed by atoms with Crippen LogP contribution in [0.2, 0.25) is 0 Å². The summed E-state index contributed by atoms with van der Waals surface area (Å²) in [5.41, 5.74) is 0.448. The summed E-state index contributed by atoms with van der Waals surface area (Å²) < 4.78 is 56.6. The molecule has 0 radical (unpaired) electrons. The fourth-order valence-electron chi connectivity index (χ4n) is 5.09. The van der Waals surface area contributed by atoms with Gasteiger partial charge in [0.15, 0.2) is 5.78 Å². The highest BCUT2D eigenvalue weighted by molar-refractivity contribution is 7.77. The first-order valence-electron chi connectivity index (χ1n) is 10.5. The summed E-state index contributed by atoms with van der Waals surface area (Å²) in [6.07, 6.45) is -0.346. The van der Waals surface area contributed by atoms with Gasteiger partial charge in [0.05, 0.1) is 22.9 Å². The molecule has 3 aromatic rings. The molecule has 1 aliphatic carbocycles. The highest BCUT2D eigenvalue weighted by Crippen LogP contribution is 2.48. The molecule has 3 heterocycles. The van der Waals surface area contributed by atoms with Crippen molar-refractivity contribution >= 4 is 18.6 Å². The zero-order valence-electron chi connectivity index (χ0n) is 17.4. The standard InChI is InChI=1S/C23H20F4N4OS/c24-17-1-3-18(4-2-17)31-20-10-15-6-8-30(33)13-22(15,11-14(20)12-29-31)21(32)19-9-16(5-7-28-19)23(25,26)27/h1-5,7,9,12,15,33H,6,8,10-11,13H2/t15?,22-/m0/s1. The van der Waals surface area contributed by atoms with E-state index in [2.05, 4.69) is 22.9 Å². The van der Waals surface area contributed by atoms with Crippen molar-refractivity contribution in [3.8, 4) is 5.69 Å². The Hall–Kier alpha value is -2.72. The van der Waals surface area contributed by atoms with Gasteiger partial charge in [0.2, 0.25) is 0 Å². The SMILES string of the molecule is O=C(c1cc(C(F)(F)F)ccn1)[C@]12Cc3cnn(-c4ccc(F)cc4)c3CC1CCN(S)C2. The predicted octanol–water partition coefficient (Wildman–Crippen LogP) is 4.56. The van der Waals surface area contributed by atoms with Gasteiger partial charge in [0.1, 0.15) is 11.5 Å². The third kappa shape index (κ3) is 3.85. The molecule has 1 unspecified atom stereocenters. The van der Waals surface area contributed by atoms with Crippen LogP contribution in [0.15, 0.2) is 48.8 Å². The van der Waals surface area contributed by atoms with E-state index in [-0.39, 0.29) is 17.4 Å². The van der Waals surface area contributed by atoms with E-state index < -0.39 is 22.9 Å². The molecule has 1 aromatic carbocycles. The topological polar surface area (TPSA) is 51.0 Å². The number of alkyl halides is 3. The Morgan fingerprint density at radius 3 is 2.67 bits per heavy atom. The van der Waals surface area contributed by atoms with Gasteiger partial charge in [-0.1, -0.05) is 12.8 Å². The number of pyridine rings is 1. The molecule has 172 valence electrons. The van der Waals surface area contributed by atoms with Gasteiger partial charge in [0.25, 0.3) is 0 Å². The number of rotatable bonds is 3. The van der Waals surface area contributed by atoms with Crippen LogP contribution in [0.25, 0.3) is 5.69 Å².